The standard InChI is InChI=1S/C19H31NOS2/c1-13-10-14(2)15(20-11-13)22-23-19(8,9)12-18(6,7)16(21)17(3,4)5/h10-11H,12H2,1-9H3. The number of ketones is 1. The fraction of sp³-hybridized carbons (Fsp3) is 0.684. The molecule has 4 heteroatoms. The van der Waals surface area contributed by atoms with Crippen LogP contribution in [0.5, 0.6) is 0 Å². The normalized spacial score (nSPS) is 13.3. The quantitative estimate of drug-likeness (QED) is 0.565. The van der Waals surface area contributed by atoms with E-state index in [1.807, 2.05) is 37.8 Å². The Kier molecular flexibility index (Phi) is 6.42. The second-order valence-corrected chi connectivity index (χ2v) is 11.5. The molecular weight excluding hydrogens is 322 g/mol. The van der Waals surface area contributed by atoms with Crippen molar-refractivity contribution >= 4 is 27.4 Å². The van der Waals surface area contributed by atoms with Crippen LogP contribution in [0.1, 0.15) is 66.0 Å². The Morgan fingerprint density at radius 2 is 1.65 bits per heavy atom. The molecule has 0 aromatic carbocycles. The van der Waals surface area contributed by atoms with Gasteiger partial charge in [0.25, 0.3) is 0 Å². The summed E-state index contributed by atoms with van der Waals surface area (Å²) in [6.07, 6.45) is 2.76. The Morgan fingerprint density at radius 3 is 2.13 bits per heavy atom. The summed E-state index contributed by atoms with van der Waals surface area (Å²) < 4.78 is -0.00587. The van der Waals surface area contributed by atoms with Crippen molar-refractivity contribution in [1.29, 1.82) is 0 Å². The number of carbonyl (C=O) groups excluding carboxylic acids is 1. The van der Waals surface area contributed by atoms with Crippen LogP contribution in [0, 0.1) is 24.7 Å². The molecule has 0 fully saturated rings. The molecule has 1 aromatic heterocycles. The average molecular weight is 354 g/mol. The summed E-state index contributed by atoms with van der Waals surface area (Å²) in [6.45, 7) is 18.8. The molecule has 0 aliphatic rings. The molecule has 1 heterocycles. The molecule has 1 aromatic rings. The van der Waals surface area contributed by atoms with E-state index in [0.29, 0.717) is 5.78 Å². The topological polar surface area (TPSA) is 30.0 Å². The van der Waals surface area contributed by atoms with E-state index in [-0.39, 0.29) is 15.6 Å². The van der Waals surface area contributed by atoms with E-state index in [2.05, 4.69) is 52.6 Å². The second-order valence-electron chi connectivity index (χ2n) is 8.70. The third kappa shape index (κ3) is 6.15. The number of rotatable bonds is 6. The molecule has 0 saturated carbocycles. The number of hydrogen-bond donors (Lipinski definition) is 0. The van der Waals surface area contributed by atoms with Crippen LogP contribution < -0.4 is 0 Å². The maximum Gasteiger partial charge on any atom is 0.143 e. The second kappa shape index (κ2) is 7.18. The lowest BCUT2D eigenvalue weighted by atomic mass is 9.71. The van der Waals surface area contributed by atoms with Gasteiger partial charge in [-0.3, -0.25) is 4.79 Å². The summed E-state index contributed by atoms with van der Waals surface area (Å²) in [5.74, 6) is 0.327. The predicted octanol–water partition coefficient (Wildman–Crippen LogP) is 6.25. The van der Waals surface area contributed by atoms with Gasteiger partial charge < -0.3 is 0 Å². The van der Waals surface area contributed by atoms with Crippen molar-refractivity contribution in [2.75, 3.05) is 0 Å². The van der Waals surface area contributed by atoms with Crippen molar-refractivity contribution < 1.29 is 4.79 Å². The first kappa shape index (κ1) is 20.6. The fourth-order valence-corrected chi connectivity index (χ4v) is 5.76. The monoisotopic (exact) mass is 353 g/mol. The number of aryl methyl sites for hydroxylation is 2. The molecule has 0 spiro atoms. The van der Waals surface area contributed by atoms with Crippen LogP contribution in [-0.4, -0.2) is 15.5 Å². The first-order valence-corrected chi connectivity index (χ1v) is 10.2. The van der Waals surface area contributed by atoms with Gasteiger partial charge in [-0.1, -0.05) is 51.5 Å². The molecule has 23 heavy (non-hydrogen) atoms. The number of pyridine rings is 1. The molecule has 0 aliphatic carbocycles. The molecule has 2 nitrogen and oxygen atoms in total. The first-order valence-electron chi connectivity index (χ1n) is 8.08. The lowest BCUT2D eigenvalue weighted by Crippen LogP contribution is -2.39. The van der Waals surface area contributed by atoms with Gasteiger partial charge in [-0.15, -0.1) is 0 Å². The van der Waals surface area contributed by atoms with Gasteiger partial charge in [0.15, 0.2) is 0 Å². The maximum absolute atomic E-state index is 12.7. The molecule has 0 bridgehead atoms. The van der Waals surface area contributed by atoms with Gasteiger partial charge in [0.2, 0.25) is 0 Å². The van der Waals surface area contributed by atoms with Crippen LogP contribution in [-0.2, 0) is 4.79 Å². The molecule has 130 valence electrons. The number of hydrogen-bond acceptors (Lipinski definition) is 4. The molecule has 0 saturated heterocycles. The first-order chi connectivity index (χ1) is 10.2. The van der Waals surface area contributed by atoms with Gasteiger partial charge in [0, 0.05) is 21.8 Å². The minimum atomic E-state index is -0.328. The Balaban J connectivity index is 2.77. The largest absolute Gasteiger partial charge is 0.299 e. The summed E-state index contributed by atoms with van der Waals surface area (Å²) >= 11 is 0. The van der Waals surface area contributed by atoms with E-state index in [1.54, 1.807) is 10.8 Å². The van der Waals surface area contributed by atoms with Gasteiger partial charge in [0.05, 0.1) is 0 Å². The molecule has 0 aliphatic heterocycles. The van der Waals surface area contributed by atoms with E-state index in [4.69, 9.17) is 0 Å². The van der Waals surface area contributed by atoms with E-state index in [9.17, 15) is 4.79 Å². The van der Waals surface area contributed by atoms with Crippen LogP contribution in [0.15, 0.2) is 17.3 Å². The molecule has 0 N–H and O–H groups in total. The lowest BCUT2D eigenvalue weighted by Gasteiger charge is -2.36. The zero-order valence-electron chi connectivity index (χ0n) is 16.0. The van der Waals surface area contributed by atoms with E-state index in [1.165, 1.54) is 11.1 Å². The third-order valence-electron chi connectivity index (χ3n) is 3.68. The van der Waals surface area contributed by atoms with Crippen molar-refractivity contribution in [3.05, 3.63) is 23.4 Å². The van der Waals surface area contributed by atoms with Gasteiger partial charge in [-0.05, 0) is 56.0 Å². The molecule has 1 rings (SSSR count). The third-order valence-corrected chi connectivity index (χ3v) is 7.02. The summed E-state index contributed by atoms with van der Waals surface area (Å²) in [5.41, 5.74) is 1.77. The van der Waals surface area contributed by atoms with Crippen molar-refractivity contribution in [3.8, 4) is 0 Å². The van der Waals surface area contributed by atoms with E-state index < -0.39 is 0 Å². The highest BCUT2D eigenvalue weighted by Crippen LogP contribution is 2.47. The summed E-state index contributed by atoms with van der Waals surface area (Å²) in [7, 11) is 3.53. The van der Waals surface area contributed by atoms with Crippen LogP contribution in [0.25, 0.3) is 0 Å². The highest BCUT2D eigenvalue weighted by Gasteiger charge is 2.40. The number of carbonyl (C=O) groups is 1. The number of nitrogens with zero attached hydrogens (tertiary/aromatic N) is 1. The van der Waals surface area contributed by atoms with Crippen molar-refractivity contribution in [2.45, 2.75) is 78.5 Å². The van der Waals surface area contributed by atoms with Gasteiger partial charge in [0.1, 0.15) is 10.8 Å². The molecule has 0 atom stereocenters. The predicted molar refractivity (Wildman–Crippen MR) is 104 cm³/mol. The maximum atomic E-state index is 12.7. The molecular formula is C19H31NOS2. The summed E-state index contributed by atoms with van der Waals surface area (Å²) in [4.78, 5) is 17.2. The molecule has 0 unspecified atom stereocenters. The van der Waals surface area contributed by atoms with E-state index in [0.717, 1.165) is 11.4 Å². The lowest BCUT2D eigenvalue weighted by molar-refractivity contribution is -0.135. The average Bonchev–Trinajstić information content (AvgIpc) is 2.34. The summed E-state index contributed by atoms with van der Waals surface area (Å²) in [5, 5.41) is 1.06. The van der Waals surface area contributed by atoms with Crippen LogP contribution in [0.2, 0.25) is 0 Å². The zero-order chi connectivity index (χ0) is 18.1. The Morgan fingerprint density at radius 1 is 1.09 bits per heavy atom. The smallest absolute Gasteiger partial charge is 0.143 e. The van der Waals surface area contributed by atoms with Crippen molar-refractivity contribution in [3.63, 3.8) is 0 Å². The Hall–Kier alpha value is -0.480. The van der Waals surface area contributed by atoms with Crippen LogP contribution >= 0.6 is 21.6 Å². The Labute approximate surface area is 150 Å². The minimum Gasteiger partial charge on any atom is -0.299 e. The number of aromatic nitrogens is 1. The highest BCUT2D eigenvalue weighted by atomic mass is 33.1. The van der Waals surface area contributed by atoms with Crippen molar-refractivity contribution in [1.82, 2.24) is 4.98 Å². The highest BCUT2D eigenvalue weighted by molar-refractivity contribution is 8.77. The fourth-order valence-electron chi connectivity index (χ4n) is 3.13. The van der Waals surface area contributed by atoms with Crippen molar-refractivity contribution in [2.24, 2.45) is 10.8 Å². The zero-order valence-corrected chi connectivity index (χ0v) is 17.7. The molecule has 0 radical (unpaired) electrons. The number of Topliss-reactive ketones (excluding diaryl/α,β-unsaturated/α-hetero) is 1. The van der Waals surface area contributed by atoms with Gasteiger partial charge in [-0.2, -0.15) is 0 Å². The SMILES string of the molecule is Cc1cnc(SSC(C)(C)CC(C)(C)C(=O)C(C)(C)C)c(C)c1. The van der Waals surface area contributed by atoms with Crippen LogP contribution in [0.3, 0.4) is 0 Å². The van der Waals surface area contributed by atoms with Gasteiger partial charge >= 0.3 is 0 Å². The van der Waals surface area contributed by atoms with Gasteiger partial charge in [-0.25, -0.2) is 4.98 Å². The Bertz CT molecular complexity index is 571. The van der Waals surface area contributed by atoms with Crippen LogP contribution in [0.4, 0.5) is 0 Å². The van der Waals surface area contributed by atoms with E-state index >= 15 is 0 Å². The minimum absolute atomic E-state index is 0.00587. The molecule has 0 amide bonds. The summed E-state index contributed by atoms with van der Waals surface area (Å²) in [6, 6.07) is 2.16.